The zero-order valence-electron chi connectivity index (χ0n) is 2.94. The molecule has 3 heteroatoms. The molecule has 5 heavy (non-hydrogen) atoms. The Bertz CT molecular complexity index is 19.2. The summed E-state index contributed by atoms with van der Waals surface area (Å²) in [6, 6.07) is 0. The summed E-state index contributed by atoms with van der Waals surface area (Å²) in [5.74, 6) is 0. The van der Waals surface area contributed by atoms with Crippen molar-refractivity contribution in [2.24, 2.45) is 0 Å². The van der Waals surface area contributed by atoms with Crippen molar-refractivity contribution in [2.45, 2.75) is 4.44 Å². The molecule has 0 bridgehead atoms. The van der Waals surface area contributed by atoms with E-state index in [4.69, 9.17) is 0 Å². The zero-order valence-corrected chi connectivity index (χ0v) is 6.97. The zero-order chi connectivity index (χ0) is 3.54. The van der Waals surface area contributed by atoms with Crippen LogP contribution in [0.5, 0.6) is 0 Å². The van der Waals surface area contributed by atoms with Crippen LogP contribution in [-0.4, -0.2) is 28.2 Å². The minimum absolute atomic E-state index is 0.669. The van der Waals surface area contributed by atoms with Crippen LogP contribution in [0.4, 0.5) is 0 Å². The van der Waals surface area contributed by atoms with Crippen molar-refractivity contribution in [3.8, 4) is 0 Å². The fourth-order valence-electron chi connectivity index (χ4n) is 0.295. The Kier molecular flexibility index (Phi) is 1.55. The van der Waals surface area contributed by atoms with Gasteiger partial charge in [-0.3, -0.25) is 0 Å². The number of hydrogen-bond acceptors (Lipinski definition) is 2. The third kappa shape index (κ3) is 1.07. The number of rotatable bonds is 0. The Hall–Kier alpha value is 0.719. The summed E-state index contributed by atoms with van der Waals surface area (Å²) in [6.45, 7) is 0.871. The van der Waals surface area contributed by atoms with Crippen LogP contribution in [-0.2, 0) is 8.11 Å². The molecule has 0 unspecified atom stereocenters. The van der Waals surface area contributed by atoms with E-state index in [1.165, 1.54) is 4.44 Å². The fourth-order valence-corrected chi connectivity index (χ4v) is 1.98. The SMILES string of the molecule is C1[CH2][SnH2][O]O1. The van der Waals surface area contributed by atoms with Gasteiger partial charge in [0, 0.05) is 0 Å². The van der Waals surface area contributed by atoms with E-state index in [-0.39, 0.29) is 0 Å². The van der Waals surface area contributed by atoms with E-state index in [0.29, 0.717) is 0 Å². The standard InChI is InChI=1S/C2H5O2.Sn.2H/c1-2-4-3;;;/h3H,1-2H2;;;/q;+1;;/p-1. The van der Waals surface area contributed by atoms with Gasteiger partial charge in [0.25, 0.3) is 0 Å². The molecule has 1 rings (SSSR count). The summed E-state index contributed by atoms with van der Waals surface area (Å²) in [5.41, 5.74) is 0. The Balaban J connectivity index is 2.08. The Morgan fingerprint density at radius 1 is 1.60 bits per heavy atom. The van der Waals surface area contributed by atoms with Gasteiger partial charge in [0.1, 0.15) is 0 Å². The molecule has 0 aromatic heterocycles. The normalized spacial score (nSPS) is 28.8. The van der Waals surface area contributed by atoms with Gasteiger partial charge in [-0.25, -0.2) is 0 Å². The molecule has 2 nitrogen and oxygen atoms in total. The van der Waals surface area contributed by atoms with E-state index in [1.54, 1.807) is 0 Å². The molecule has 0 aromatic rings. The second kappa shape index (κ2) is 2.00. The van der Waals surface area contributed by atoms with Crippen LogP contribution in [0.3, 0.4) is 0 Å². The monoisotopic (exact) mass is 182 g/mol. The molecule has 0 aliphatic carbocycles. The van der Waals surface area contributed by atoms with Gasteiger partial charge in [-0.1, -0.05) is 0 Å². The van der Waals surface area contributed by atoms with Gasteiger partial charge in [-0.15, -0.1) is 0 Å². The average Bonchev–Trinajstić information content (AvgIpc) is 1.76. The van der Waals surface area contributed by atoms with E-state index < -0.39 is 21.6 Å². The van der Waals surface area contributed by atoms with Crippen molar-refractivity contribution in [3.05, 3.63) is 0 Å². The first-order valence-electron chi connectivity index (χ1n) is 1.74. The first-order valence-corrected chi connectivity index (χ1v) is 6.25. The van der Waals surface area contributed by atoms with Crippen LogP contribution in [0.1, 0.15) is 0 Å². The summed E-state index contributed by atoms with van der Waals surface area (Å²) in [4.78, 5) is 4.54. The molecule has 0 spiro atoms. The van der Waals surface area contributed by atoms with Crippen molar-refractivity contribution >= 4 is 21.6 Å². The van der Waals surface area contributed by atoms with E-state index in [2.05, 4.69) is 8.11 Å². The summed E-state index contributed by atoms with van der Waals surface area (Å²) in [7, 11) is 0. The van der Waals surface area contributed by atoms with Crippen LogP contribution in [0.2, 0.25) is 4.44 Å². The topological polar surface area (TPSA) is 18.5 Å². The predicted octanol–water partition coefficient (Wildman–Crippen LogP) is -0.550. The van der Waals surface area contributed by atoms with E-state index >= 15 is 0 Å². The third-order valence-corrected chi connectivity index (χ3v) is 3.14. The maximum absolute atomic E-state index is 4.65. The molecular formula is C2H6O2Sn. The molecule has 1 saturated heterocycles. The third-order valence-electron chi connectivity index (χ3n) is 0.539. The summed E-state index contributed by atoms with van der Waals surface area (Å²) >= 11 is -0.669. The summed E-state index contributed by atoms with van der Waals surface area (Å²) in [5, 5.41) is 0. The Morgan fingerprint density at radius 3 is 2.80 bits per heavy atom. The van der Waals surface area contributed by atoms with Crippen LogP contribution in [0.15, 0.2) is 0 Å². The molecule has 0 amide bonds. The first kappa shape index (κ1) is 3.89. The first-order chi connectivity index (χ1) is 2.50. The molecule has 0 atom stereocenters. The van der Waals surface area contributed by atoms with Crippen LogP contribution in [0.25, 0.3) is 0 Å². The Morgan fingerprint density at radius 2 is 2.60 bits per heavy atom. The molecule has 1 heterocycles. The maximum atomic E-state index is 4.65. The van der Waals surface area contributed by atoms with Crippen molar-refractivity contribution < 1.29 is 8.11 Å². The van der Waals surface area contributed by atoms with Crippen LogP contribution in [0, 0.1) is 0 Å². The molecule has 0 N–H and O–H groups in total. The van der Waals surface area contributed by atoms with Crippen molar-refractivity contribution in [1.29, 1.82) is 0 Å². The van der Waals surface area contributed by atoms with Gasteiger partial charge in [0.2, 0.25) is 0 Å². The van der Waals surface area contributed by atoms with E-state index in [0.717, 1.165) is 6.61 Å². The second-order valence-corrected chi connectivity index (χ2v) is 4.85. The average molecular weight is 181 g/mol. The van der Waals surface area contributed by atoms with Gasteiger partial charge < -0.3 is 0 Å². The van der Waals surface area contributed by atoms with Gasteiger partial charge >= 0.3 is 40.7 Å². The molecule has 0 aromatic carbocycles. The molecule has 0 radical (unpaired) electrons. The van der Waals surface area contributed by atoms with Crippen LogP contribution < -0.4 is 0 Å². The van der Waals surface area contributed by atoms with Gasteiger partial charge in [-0.05, 0) is 0 Å². The minimum atomic E-state index is -0.669. The van der Waals surface area contributed by atoms with Gasteiger partial charge in [-0.2, -0.15) is 0 Å². The fraction of sp³-hybridized carbons (Fsp3) is 1.00. The molecule has 1 fully saturated rings. The molecule has 30 valence electrons. The molecule has 0 saturated carbocycles. The number of hydrogen-bond donors (Lipinski definition) is 0. The predicted molar refractivity (Wildman–Crippen MR) is 20.4 cm³/mol. The molecule has 1 aliphatic heterocycles. The molecular weight excluding hydrogens is 175 g/mol. The van der Waals surface area contributed by atoms with Crippen LogP contribution >= 0.6 is 0 Å². The molecule has 1 aliphatic rings. The summed E-state index contributed by atoms with van der Waals surface area (Å²) in [6.07, 6.45) is 0. The second-order valence-electron chi connectivity index (χ2n) is 0.998. The van der Waals surface area contributed by atoms with Crippen molar-refractivity contribution in [2.75, 3.05) is 6.61 Å². The summed E-state index contributed by atoms with van der Waals surface area (Å²) < 4.78 is 5.92. The van der Waals surface area contributed by atoms with E-state index in [1.807, 2.05) is 0 Å². The van der Waals surface area contributed by atoms with Gasteiger partial charge in [0.05, 0.1) is 0 Å². The van der Waals surface area contributed by atoms with Crippen molar-refractivity contribution in [1.82, 2.24) is 0 Å². The van der Waals surface area contributed by atoms with Gasteiger partial charge in [0.15, 0.2) is 0 Å². The van der Waals surface area contributed by atoms with E-state index in [9.17, 15) is 0 Å². The quantitative estimate of drug-likeness (QED) is 0.368. The van der Waals surface area contributed by atoms with Crippen molar-refractivity contribution in [3.63, 3.8) is 0 Å². The Labute approximate surface area is 41.1 Å².